The fourth-order valence-electron chi connectivity index (χ4n) is 0.484. The van der Waals surface area contributed by atoms with Crippen LogP contribution in [0.4, 0.5) is 35.1 Å². The van der Waals surface area contributed by atoms with Gasteiger partial charge < -0.3 is 0 Å². The van der Waals surface area contributed by atoms with Crippen molar-refractivity contribution in [3.05, 3.63) is 11.1 Å². The number of hydrogen-bond donors (Lipinski definition) is 0. The van der Waals surface area contributed by atoms with Gasteiger partial charge in [-0.25, -0.2) is 0 Å². The van der Waals surface area contributed by atoms with Gasteiger partial charge in [-0.15, -0.1) is 11.6 Å². The second-order valence-electron chi connectivity index (χ2n) is 2.53. The van der Waals surface area contributed by atoms with Crippen LogP contribution in [0.25, 0.3) is 0 Å². The molecule has 1 atom stereocenters. The predicted octanol–water partition coefficient (Wildman–Crippen LogP) is 4.48. The third-order valence-corrected chi connectivity index (χ3v) is 2.03. The normalized spacial score (nSPS) is 17.5. The van der Waals surface area contributed by atoms with E-state index in [9.17, 15) is 35.1 Å². The van der Waals surface area contributed by atoms with Crippen LogP contribution in [-0.4, -0.2) is 23.7 Å². The molecule has 0 bridgehead atoms. The molecule has 0 aliphatic heterocycles. The van der Waals surface area contributed by atoms with Crippen molar-refractivity contribution in [3.8, 4) is 0 Å². The number of hydrogen-bond acceptors (Lipinski definition) is 0. The van der Waals surface area contributed by atoms with Gasteiger partial charge in [0.05, 0.1) is 0 Å². The van der Waals surface area contributed by atoms with Crippen LogP contribution in [0.1, 0.15) is 0 Å². The maximum Gasteiger partial charge on any atom is 0.455 e. The largest absolute Gasteiger partial charge is 0.455 e. The molecule has 0 spiro atoms. The third kappa shape index (κ3) is 3.65. The van der Waals surface area contributed by atoms with E-state index < -0.39 is 34.8 Å². The lowest BCUT2D eigenvalue weighted by Gasteiger charge is -2.22. The van der Waals surface area contributed by atoms with Gasteiger partial charge >= 0.3 is 18.3 Å². The summed E-state index contributed by atoms with van der Waals surface area (Å²) >= 11 is 8.99. The van der Waals surface area contributed by atoms with E-state index in [-0.39, 0.29) is 0 Å². The first-order chi connectivity index (χ1) is 6.80. The Bertz CT molecular complexity index is 275. The van der Waals surface area contributed by atoms with Crippen molar-refractivity contribution in [2.75, 3.05) is 0 Å². The van der Waals surface area contributed by atoms with E-state index in [1.807, 2.05) is 0 Å². The molecular formula is C6H2Cl2F8. The highest BCUT2D eigenvalue weighted by molar-refractivity contribution is 6.31. The molecular weight excluding hydrogens is 295 g/mol. The topological polar surface area (TPSA) is 0 Å². The van der Waals surface area contributed by atoms with Crippen LogP contribution in [0.5, 0.6) is 0 Å². The molecule has 0 rings (SSSR count). The summed E-state index contributed by atoms with van der Waals surface area (Å²) in [6, 6.07) is 0. The highest BCUT2D eigenvalue weighted by Gasteiger charge is 2.61. The van der Waals surface area contributed by atoms with Gasteiger partial charge in [0.1, 0.15) is 10.4 Å². The zero-order valence-corrected chi connectivity index (χ0v) is 8.45. The average molecular weight is 297 g/mol. The van der Waals surface area contributed by atoms with Gasteiger partial charge in [0.25, 0.3) is 0 Å². The van der Waals surface area contributed by atoms with Crippen molar-refractivity contribution in [1.29, 1.82) is 0 Å². The molecule has 0 aromatic heterocycles. The van der Waals surface area contributed by atoms with Crippen LogP contribution in [0, 0.1) is 0 Å². The van der Waals surface area contributed by atoms with Crippen molar-refractivity contribution >= 4 is 23.2 Å². The van der Waals surface area contributed by atoms with Gasteiger partial charge in [-0.1, -0.05) is 11.6 Å². The molecule has 0 aliphatic carbocycles. The second kappa shape index (κ2) is 4.56. The molecule has 0 nitrogen and oxygen atoms in total. The average Bonchev–Trinajstić information content (AvgIpc) is 1.99. The number of alkyl halides is 9. The fraction of sp³-hybridized carbons (Fsp3) is 0.667. The van der Waals surface area contributed by atoms with Crippen LogP contribution in [0.3, 0.4) is 0 Å². The minimum atomic E-state index is -6.06. The van der Waals surface area contributed by atoms with E-state index in [1.165, 1.54) is 0 Å². The molecule has 1 unspecified atom stereocenters. The van der Waals surface area contributed by atoms with Crippen molar-refractivity contribution in [3.63, 3.8) is 0 Å². The van der Waals surface area contributed by atoms with Crippen molar-refractivity contribution in [2.24, 2.45) is 0 Å². The van der Waals surface area contributed by atoms with E-state index >= 15 is 0 Å². The summed E-state index contributed by atoms with van der Waals surface area (Å²) in [6.45, 7) is 0. The Morgan fingerprint density at radius 2 is 1.31 bits per heavy atom. The Labute approximate surface area is 93.8 Å². The smallest absolute Gasteiger partial charge is 0.194 e. The lowest BCUT2D eigenvalue weighted by atomic mass is 10.2. The second-order valence-corrected chi connectivity index (χ2v) is 3.41. The van der Waals surface area contributed by atoms with Crippen molar-refractivity contribution in [1.82, 2.24) is 0 Å². The SMILES string of the molecule is FC(F)(F)C(Cl)=CC(Cl)C(F)(F)C(F)(F)F. The van der Waals surface area contributed by atoms with Crippen molar-refractivity contribution in [2.45, 2.75) is 23.7 Å². The van der Waals surface area contributed by atoms with Crippen LogP contribution < -0.4 is 0 Å². The minimum Gasteiger partial charge on any atom is -0.194 e. The molecule has 0 amide bonds. The zero-order valence-electron chi connectivity index (χ0n) is 6.93. The van der Waals surface area contributed by atoms with Gasteiger partial charge in [-0.3, -0.25) is 0 Å². The standard InChI is InChI=1S/C6H2Cl2F8/c7-2(1-3(8)5(11,12)13)4(9,10)6(14,15)16/h1-2H. The van der Waals surface area contributed by atoms with Crippen molar-refractivity contribution < 1.29 is 35.1 Å². The number of rotatable bonds is 2. The highest BCUT2D eigenvalue weighted by Crippen LogP contribution is 2.42. The van der Waals surface area contributed by atoms with Crippen LogP contribution in [-0.2, 0) is 0 Å². The molecule has 0 aliphatic rings. The predicted molar refractivity (Wildman–Crippen MR) is 40.6 cm³/mol. The first-order valence-corrected chi connectivity index (χ1v) is 4.14. The number of halogens is 10. The lowest BCUT2D eigenvalue weighted by Crippen LogP contribution is -2.43. The quantitative estimate of drug-likeness (QED) is 0.521. The van der Waals surface area contributed by atoms with Crippen LogP contribution >= 0.6 is 23.2 Å². The summed E-state index contributed by atoms with van der Waals surface area (Å²) in [6.07, 6.45) is -11.9. The molecule has 0 saturated heterocycles. The van der Waals surface area contributed by atoms with E-state index in [1.54, 1.807) is 0 Å². The molecule has 10 heteroatoms. The monoisotopic (exact) mass is 296 g/mol. The maximum absolute atomic E-state index is 12.3. The lowest BCUT2D eigenvalue weighted by molar-refractivity contribution is -0.278. The summed E-state index contributed by atoms with van der Waals surface area (Å²) in [7, 11) is 0. The molecule has 0 radical (unpaired) electrons. The number of allylic oxidation sites excluding steroid dienone is 2. The molecule has 0 N–H and O–H groups in total. The van der Waals surface area contributed by atoms with Gasteiger partial charge in [-0.2, -0.15) is 35.1 Å². The Morgan fingerprint density at radius 1 is 0.938 bits per heavy atom. The third-order valence-electron chi connectivity index (χ3n) is 1.29. The molecule has 0 heterocycles. The molecule has 0 fully saturated rings. The fourth-order valence-corrected chi connectivity index (χ4v) is 0.924. The Hall–Kier alpha value is -0.240. The van der Waals surface area contributed by atoms with Gasteiger partial charge in [0.2, 0.25) is 0 Å². The van der Waals surface area contributed by atoms with Crippen LogP contribution in [0.2, 0.25) is 0 Å². The summed E-state index contributed by atoms with van der Waals surface area (Å²) in [5, 5.41) is -5.38. The zero-order chi connectivity index (χ0) is 13.4. The van der Waals surface area contributed by atoms with Gasteiger partial charge in [0.15, 0.2) is 0 Å². The molecule has 16 heavy (non-hydrogen) atoms. The summed E-state index contributed by atoms with van der Waals surface area (Å²) in [5.74, 6) is -5.50. The van der Waals surface area contributed by atoms with E-state index in [4.69, 9.17) is 0 Å². The summed E-state index contributed by atoms with van der Waals surface area (Å²) in [5.41, 5.74) is 0. The summed E-state index contributed by atoms with van der Waals surface area (Å²) < 4.78 is 94.7. The minimum absolute atomic E-state index is 0.601. The van der Waals surface area contributed by atoms with Gasteiger partial charge in [0, 0.05) is 0 Å². The van der Waals surface area contributed by atoms with Gasteiger partial charge in [-0.05, 0) is 6.08 Å². The Morgan fingerprint density at radius 3 is 1.56 bits per heavy atom. The molecule has 0 aromatic carbocycles. The van der Waals surface area contributed by atoms with E-state index in [0.717, 1.165) is 0 Å². The van der Waals surface area contributed by atoms with E-state index in [2.05, 4.69) is 23.2 Å². The Kier molecular flexibility index (Phi) is 4.49. The Balaban J connectivity index is 5.04. The first-order valence-electron chi connectivity index (χ1n) is 3.33. The van der Waals surface area contributed by atoms with Crippen LogP contribution in [0.15, 0.2) is 11.1 Å². The summed E-state index contributed by atoms with van der Waals surface area (Å²) in [4.78, 5) is 0. The highest BCUT2D eigenvalue weighted by atomic mass is 35.5. The molecule has 0 saturated carbocycles. The molecule has 0 aromatic rings. The van der Waals surface area contributed by atoms with E-state index in [0.29, 0.717) is 0 Å². The molecule has 96 valence electrons. The first kappa shape index (κ1) is 15.8. The maximum atomic E-state index is 12.3.